The summed E-state index contributed by atoms with van der Waals surface area (Å²) in [5.41, 5.74) is 6.51. The van der Waals surface area contributed by atoms with Crippen LogP contribution in [0.25, 0.3) is 5.69 Å². The van der Waals surface area contributed by atoms with Crippen LogP contribution in [0.5, 0.6) is 17.2 Å². The van der Waals surface area contributed by atoms with Crippen molar-refractivity contribution in [2.75, 3.05) is 13.2 Å². The molecule has 4 rings (SSSR count). The molecule has 0 aliphatic carbocycles. The topological polar surface area (TPSA) is 111 Å². The minimum absolute atomic E-state index is 0.0835. The fraction of sp³-hybridized carbons (Fsp3) is 0.207. The van der Waals surface area contributed by atoms with E-state index < -0.39 is 5.91 Å². The van der Waals surface area contributed by atoms with Crippen LogP contribution in [0.2, 0.25) is 0 Å². The van der Waals surface area contributed by atoms with Crippen molar-refractivity contribution in [1.29, 1.82) is 5.26 Å². The van der Waals surface area contributed by atoms with Crippen LogP contribution in [0.15, 0.2) is 76.2 Å². The minimum atomic E-state index is -0.492. The van der Waals surface area contributed by atoms with Gasteiger partial charge in [-0.25, -0.2) is 5.43 Å². The zero-order valence-corrected chi connectivity index (χ0v) is 21.4. The van der Waals surface area contributed by atoms with Gasteiger partial charge in [0, 0.05) is 17.1 Å². The highest BCUT2D eigenvalue weighted by molar-refractivity contribution is 5.92. The molecule has 1 amide bonds. The molecule has 2 aromatic carbocycles. The maximum Gasteiger partial charge on any atom is 0.307 e. The summed E-state index contributed by atoms with van der Waals surface area (Å²) in [7, 11) is 0. The molecule has 0 aliphatic heterocycles. The van der Waals surface area contributed by atoms with Gasteiger partial charge in [0.05, 0.1) is 12.8 Å². The number of furan rings is 1. The van der Waals surface area contributed by atoms with Gasteiger partial charge in [-0.2, -0.15) is 10.4 Å². The molecule has 4 aromatic rings. The number of aromatic nitrogens is 1. The lowest BCUT2D eigenvalue weighted by atomic mass is 10.2. The number of hydrazone groups is 1. The molecule has 0 unspecified atom stereocenters. The number of nitrogens with zero attached hydrogens (tertiary/aromatic N) is 3. The van der Waals surface area contributed by atoms with E-state index in [1.54, 1.807) is 30.3 Å². The molecule has 38 heavy (non-hydrogen) atoms. The normalized spacial score (nSPS) is 10.8. The molecule has 0 radical (unpaired) electrons. The van der Waals surface area contributed by atoms with Crippen LogP contribution in [0.3, 0.4) is 0 Å². The highest BCUT2D eigenvalue weighted by atomic mass is 16.5. The van der Waals surface area contributed by atoms with Crippen molar-refractivity contribution in [1.82, 2.24) is 9.99 Å². The summed E-state index contributed by atoms with van der Waals surface area (Å²) in [6.07, 6.45) is 1.47. The number of amides is 1. The third-order valence-corrected chi connectivity index (χ3v) is 5.57. The first-order chi connectivity index (χ1) is 18.5. The Morgan fingerprint density at radius 3 is 2.47 bits per heavy atom. The Kier molecular flexibility index (Phi) is 8.46. The van der Waals surface area contributed by atoms with Gasteiger partial charge in [-0.15, -0.1) is 0 Å². The first-order valence-corrected chi connectivity index (χ1v) is 12.1. The Hall–Kier alpha value is -4.97. The number of nitriles is 1. The van der Waals surface area contributed by atoms with E-state index in [2.05, 4.69) is 41.1 Å². The van der Waals surface area contributed by atoms with Crippen LogP contribution >= 0.6 is 0 Å². The van der Waals surface area contributed by atoms with Crippen LogP contribution in [0.1, 0.15) is 40.2 Å². The van der Waals surface area contributed by atoms with Gasteiger partial charge in [0.2, 0.25) is 0 Å². The van der Waals surface area contributed by atoms with Crippen LogP contribution < -0.4 is 19.6 Å². The van der Waals surface area contributed by atoms with Gasteiger partial charge in [0.1, 0.15) is 24.2 Å². The van der Waals surface area contributed by atoms with Crippen LogP contribution in [-0.4, -0.2) is 29.9 Å². The van der Waals surface area contributed by atoms with Gasteiger partial charge in [0.25, 0.3) is 0 Å². The zero-order valence-electron chi connectivity index (χ0n) is 21.4. The lowest BCUT2D eigenvalue weighted by Gasteiger charge is -2.10. The highest BCUT2D eigenvalue weighted by Crippen LogP contribution is 2.28. The highest BCUT2D eigenvalue weighted by Gasteiger charge is 2.12. The summed E-state index contributed by atoms with van der Waals surface area (Å²) in [4.78, 5) is 12.4. The van der Waals surface area contributed by atoms with E-state index in [1.165, 1.54) is 6.21 Å². The van der Waals surface area contributed by atoms with Crippen molar-refractivity contribution in [3.63, 3.8) is 0 Å². The van der Waals surface area contributed by atoms with E-state index >= 15 is 0 Å². The predicted molar refractivity (Wildman–Crippen MR) is 142 cm³/mol. The van der Waals surface area contributed by atoms with Gasteiger partial charge >= 0.3 is 5.91 Å². The Bertz CT molecular complexity index is 1440. The molecule has 2 heterocycles. The Balaban J connectivity index is 1.31. The molecule has 9 heteroatoms. The van der Waals surface area contributed by atoms with Gasteiger partial charge in [-0.05, 0) is 93.1 Å². The van der Waals surface area contributed by atoms with Gasteiger partial charge in [0.15, 0.2) is 23.9 Å². The average Bonchev–Trinajstić information content (AvgIpc) is 3.53. The van der Waals surface area contributed by atoms with E-state index in [4.69, 9.17) is 23.9 Å². The molecule has 0 saturated heterocycles. The van der Waals surface area contributed by atoms with Crippen molar-refractivity contribution in [2.24, 2.45) is 5.10 Å². The lowest BCUT2D eigenvalue weighted by molar-refractivity contribution is 0.0923. The molecule has 194 valence electrons. The van der Waals surface area contributed by atoms with E-state index in [0.29, 0.717) is 35.2 Å². The second-order valence-electron chi connectivity index (χ2n) is 8.29. The summed E-state index contributed by atoms with van der Waals surface area (Å²) >= 11 is 0. The van der Waals surface area contributed by atoms with E-state index in [-0.39, 0.29) is 19.0 Å². The van der Waals surface area contributed by atoms with Gasteiger partial charge in [-0.3, -0.25) is 4.79 Å². The average molecular weight is 513 g/mol. The number of hydrogen-bond donors (Lipinski definition) is 1. The second-order valence-corrected chi connectivity index (χ2v) is 8.29. The molecular formula is C29H28N4O5. The lowest BCUT2D eigenvalue weighted by Crippen LogP contribution is -2.16. The first kappa shape index (κ1) is 26.1. The monoisotopic (exact) mass is 512 g/mol. The molecule has 2 aromatic heterocycles. The van der Waals surface area contributed by atoms with Crippen molar-refractivity contribution < 1.29 is 23.4 Å². The third-order valence-electron chi connectivity index (χ3n) is 5.57. The molecule has 9 nitrogen and oxygen atoms in total. The van der Waals surface area contributed by atoms with Crippen molar-refractivity contribution >= 4 is 12.1 Å². The van der Waals surface area contributed by atoms with Crippen LogP contribution in [0, 0.1) is 25.2 Å². The van der Waals surface area contributed by atoms with E-state index in [0.717, 1.165) is 17.1 Å². The number of hydrogen-bond acceptors (Lipinski definition) is 7. The number of nitrogens with one attached hydrogen (secondary N) is 1. The Morgan fingerprint density at radius 1 is 1.00 bits per heavy atom. The summed E-state index contributed by atoms with van der Waals surface area (Å²) in [6.45, 7) is 6.51. The standard InChI is InChI=1S/C29H28N4O5/c1-4-35-28-17-22(7-13-26(28)36-16-15-30)18-31-32-29(34)27-14-12-25(38-27)19-37-24-10-8-23(9-11-24)33-20(2)5-6-21(33)3/h5-14,17-18H,4,16,19H2,1-3H3,(H,32,34)/b31-18+. The molecule has 0 bridgehead atoms. The number of rotatable bonds is 11. The number of ether oxygens (including phenoxy) is 3. The third kappa shape index (κ3) is 6.42. The predicted octanol–water partition coefficient (Wildman–Crippen LogP) is 5.33. The molecule has 0 atom stereocenters. The second kappa shape index (κ2) is 12.3. The molecule has 0 fully saturated rings. The van der Waals surface area contributed by atoms with Crippen LogP contribution in [0.4, 0.5) is 0 Å². The number of carbonyl (C=O) groups excluding carboxylic acids is 1. The smallest absolute Gasteiger partial charge is 0.307 e. The number of carbonyl (C=O) groups is 1. The molecule has 1 N–H and O–H groups in total. The Morgan fingerprint density at radius 2 is 1.76 bits per heavy atom. The fourth-order valence-electron chi connectivity index (χ4n) is 3.82. The summed E-state index contributed by atoms with van der Waals surface area (Å²) in [6, 6.07) is 22.3. The molecule has 0 spiro atoms. The van der Waals surface area contributed by atoms with Gasteiger partial charge in [-0.1, -0.05) is 0 Å². The van der Waals surface area contributed by atoms with Crippen molar-refractivity contribution in [2.45, 2.75) is 27.4 Å². The molecule has 0 aliphatic rings. The molecule has 0 saturated carbocycles. The zero-order chi connectivity index (χ0) is 26.9. The summed E-state index contributed by atoms with van der Waals surface area (Å²) < 4.78 is 24.5. The van der Waals surface area contributed by atoms with Crippen LogP contribution in [-0.2, 0) is 6.61 Å². The maximum atomic E-state index is 12.4. The van der Waals surface area contributed by atoms with Gasteiger partial charge < -0.3 is 23.2 Å². The quantitative estimate of drug-likeness (QED) is 0.215. The fourth-order valence-corrected chi connectivity index (χ4v) is 3.82. The van der Waals surface area contributed by atoms with Crippen molar-refractivity contribution in [3.8, 4) is 29.0 Å². The summed E-state index contributed by atoms with van der Waals surface area (Å²) in [5, 5.41) is 12.7. The summed E-state index contributed by atoms with van der Waals surface area (Å²) in [5.74, 6) is 1.77. The SMILES string of the molecule is CCOc1cc(/C=N/NC(=O)c2ccc(COc3ccc(-n4c(C)ccc4C)cc3)o2)ccc1OCC#N. The first-order valence-electron chi connectivity index (χ1n) is 12.1. The van der Waals surface area contributed by atoms with E-state index in [1.807, 2.05) is 37.3 Å². The maximum absolute atomic E-state index is 12.4. The van der Waals surface area contributed by atoms with Crippen molar-refractivity contribution in [3.05, 3.63) is 95.2 Å². The molecular weight excluding hydrogens is 484 g/mol. The number of aryl methyl sites for hydroxylation is 2. The Labute approximate surface area is 220 Å². The van der Waals surface area contributed by atoms with E-state index in [9.17, 15) is 4.79 Å². The number of benzene rings is 2. The largest absolute Gasteiger partial charge is 0.490 e. The minimum Gasteiger partial charge on any atom is -0.490 e.